The van der Waals surface area contributed by atoms with Gasteiger partial charge in [0.2, 0.25) is 5.91 Å². The molecule has 0 saturated heterocycles. The number of benzene rings is 1. The molecular weight excluding hydrogens is 330 g/mol. The van der Waals surface area contributed by atoms with E-state index in [0.717, 1.165) is 24.8 Å². The van der Waals surface area contributed by atoms with E-state index in [1.54, 1.807) is 7.11 Å². The normalized spacial score (nSPS) is 18.1. The predicted molar refractivity (Wildman–Crippen MR) is 97.6 cm³/mol. The van der Waals surface area contributed by atoms with Crippen LogP contribution in [0.25, 0.3) is 11.4 Å². The number of carbonyl (C=O) groups excluding carboxylic acids is 1. The molecule has 1 aromatic carbocycles. The number of carbonyl (C=O) groups is 1. The lowest BCUT2D eigenvalue weighted by Gasteiger charge is -2.43. The zero-order valence-corrected chi connectivity index (χ0v) is 15.0. The number of hydrogen-bond donors (Lipinski definition) is 1. The SMILES string of the molecule is COCC1(C(=O)N2CCc3c(nc(-c4ccccc4)[nH]c3=O)C2)CCC1. The van der Waals surface area contributed by atoms with E-state index in [-0.39, 0.29) is 16.9 Å². The Bertz CT molecular complexity index is 872. The number of H-pyrrole nitrogens is 1. The second-order valence-electron chi connectivity index (χ2n) is 7.25. The van der Waals surface area contributed by atoms with E-state index in [9.17, 15) is 9.59 Å². The van der Waals surface area contributed by atoms with E-state index in [1.165, 1.54) is 0 Å². The molecule has 136 valence electrons. The van der Waals surface area contributed by atoms with E-state index < -0.39 is 0 Å². The number of nitrogens with one attached hydrogen (secondary N) is 1. The third kappa shape index (κ3) is 2.84. The summed E-state index contributed by atoms with van der Waals surface area (Å²) >= 11 is 0. The fourth-order valence-electron chi connectivity index (χ4n) is 3.98. The van der Waals surface area contributed by atoms with Gasteiger partial charge >= 0.3 is 0 Å². The van der Waals surface area contributed by atoms with Crippen LogP contribution in [0.15, 0.2) is 35.1 Å². The number of nitrogens with zero attached hydrogens (tertiary/aromatic N) is 2. The summed E-state index contributed by atoms with van der Waals surface area (Å²) in [6.07, 6.45) is 3.36. The number of aromatic nitrogens is 2. The van der Waals surface area contributed by atoms with Crippen molar-refractivity contribution in [3.8, 4) is 11.4 Å². The molecule has 1 aliphatic carbocycles. The van der Waals surface area contributed by atoms with E-state index >= 15 is 0 Å². The van der Waals surface area contributed by atoms with Crippen molar-refractivity contribution < 1.29 is 9.53 Å². The van der Waals surface area contributed by atoms with E-state index in [4.69, 9.17) is 4.74 Å². The number of fused-ring (bicyclic) bond motifs is 1. The smallest absolute Gasteiger partial charge is 0.254 e. The van der Waals surface area contributed by atoms with E-state index in [1.807, 2.05) is 35.2 Å². The molecule has 2 aromatic rings. The van der Waals surface area contributed by atoms with Crippen molar-refractivity contribution in [2.45, 2.75) is 32.2 Å². The molecule has 0 spiro atoms. The Kier molecular flexibility index (Phi) is 4.36. The van der Waals surface area contributed by atoms with Crippen LogP contribution in [0.1, 0.15) is 30.5 Å². The van der Waals surface area contributed by atoms with E-state index in [2.05, 4.69) is 9.97 Å². The maximum Gasteiger partial charge on any atom is 0.254 e. The maximum absolute atomic E-state index is 13.1. The molecule has 4 rings (SSSR count). The minimum atomic E-state index is -0.379. The van der Waals surface area contributed by atoms with Crippen LogP contribution in [0.4, 0.5) is 0 Å². The highest BCUT2D eigenvalue weighted by Crippen LogP contribution is 2.43. The summed E-state index contributed by atoms with van der Waals surface area (Å²) in [6.45, 7) is 1.42. The number of rotatable bonds is 4. The molecule has 0 radical (unpaired) electrons. The Morgan fingerprint density at radius 1 is 1.31 bits per heavy atom. The first-order valence-electron chi connectivity index (χ1n) is 9.09. The molecular formula is C20H23N3O3. The third-order valence-corrected chi connectivity index (χ3v) is 5.59. The van der Waals surface area contributed by atoms with Gasteiger partial charge in [0.15, 0.2) is 0 Å². The van der Waals surface area contributed by atoms with Crippen LogP contribution in [0.2, 0.25) is 0 Å². The molecule has 1 saturated carbocycles. The lowest BCUT2D eigenvalue weighted by Crippen LogP contribution is -2.52. The molecule has 26 heavy (non-hydrogen) atoms. The first-order valence-corrected chi connectivity index (χ1v) is 9.09. The quantitative estimate of drug-likeness (QED) is 0.914. The van der Waals surface area contributed by atoms with Crippen LogP contribution in [0.5, 0.6) is 0 Å². The molecule has 1 aliphatic heterocycles. The third-order valence-electron chi connectivity index (χ3n) is 5.59. The average Bonchev–Trinajstić information content (AvgIpc) is 2.64. The van der Waals surface area contributed by atoms with Gasteiger partial charge in [-0.3, -0.25) is 9.59 Å². The first-order chi connectivity index (χ1) is 12.6. The van der Waals surface area contributed by atoms with Gasteiger partial charge in [0, 0.05) is 24.8 Å². The van der Waals surface area contributed by atoms with Crippen molar-refractivity contribution in [1.29, 1.82) is 0 Å². The van der Waals surface area contributed by atoms with Crippen molar-refractivity contribution in [3.05, 3.63) is 51.9 Å². The van der Waals surface area contributed by atoms with Crippen LogP contribution >= 0.6 is 0 Å². The van der Waals surface area contributed by atoms with Crippen molar-refractivity contribution in [3.63, 3.8) is 0 Å². The molecule has 1 N–H and O–H groups in total. The molecule has 2 aliphatic rings. The topological polar surface area (TPSA) is 75.3 Å². The minimum absolute atomic E-state index is 0.101. The van der Waals surface area contributed by atoms with Crippen molar-refractivity contribution in [2.24, 2.45) is 5.41 Å². The van der Waals surface area contributed by atoms with Crippen molar-refractivity contribution in [2.75, 3.05) is 20.3 Å². The lowest BCUT2D eigenvalue weighted by atomic mass is 9.68. The van der Waals surface area contributed by atoms with Gasteiger partial charge in [-0.25, -0.2) is 4.98 Å². The average molecular weight is 353 g/mol. The Hall–Kier alpha value is -2.47. The van der Waals surface area contributed by atoms with Gasteiger partial charge in [-0.15, -0.1) is 0 Å². The zero-order chi connectivity index (χ0) is 18.1. The van der Waals surface area contributed by atoms with Gasteiger partial charge in [-0.1, -0.05) is 36.8 Å². The Morgan fingerprint density at radius 3 is 2.73 bits per heavy atom. The zero-order valence-electron chi connectivity index (χ0n) is 15.0. The van der Waals surface area contributed by atoms with Gasteiger partial charge in [-0.2, -0.15) is 0 Å². The molecule has 1 aromatic heterocycles. The second kappa shape index (κ2) is 6.68. The Morgan fingerprint density at radius 2 is 2.08 bits per heavy atom. The molecule has 2 heterocycles. The van der Waals surface area contributed by atoms with Crippen LogP contribution in [0, 0.1) is 5.41 Å². The molecule has 0 atom stereocenters. The van der Waals surface area contributed by atoms with Crippen molar-refractivity contribution in [1.82, 2.24) is 14.9 Å². The van der Waals surface area contributed by atoms with Crippen LogP contribution in [0.3, 0.4) is 0 Å². The lowest BCUT2D eigenvalue weighted by molar-refractivity contribution is -0.153. The summed E-state index contributed by atoms with van der Waals surface area (Å²) in [5.41, 5.74) is 1.79. The standard InChI is InChI=1S/C20H23N3O3/c1-26-13-20(9-5-10-20)19(25)23-11-8-15-16(12-23)21-17(22-18(15)24)14-6-3-2-4-7-14/h2-4,6-7H,5,8-13H2,1H3,(H,21,22,24). The van der Waals surface area contributed by atoms with Gasteiger partial charge in [0.1, 0.15) is 5.82 Å². The molecule has 1 amide bonds. The Labute approximate surface area is 152 Å². The number of hydrogen-bond acceptors (Lipinski definition) is 4. The summed E-state index contributed by atoms with van der Waals surface area (Å²) in [6, 6.07) is 9.58. The maximum atomic E-state index is 13.1. The second-order valence-corrected chi connectivity index (χ2v) is 7.25. The summed E-state index contributed by atoms with van der Waals surface area (Å²) in [4.78, 5) is 35.0. The van der Waals surface area contributed by atoms with Gasteiger partial charge in [-0.05, 0) is 19.3 Å². The summed E-state index contributed by atoms with van der Waals surface area (Å²) in [7, 11) is 1.64. The van der Waals surface area contributed by atoms with Crippen molar-refractivity contribution >= 4 is 5.91 Å². The summed E-state index contributed by atoms with van der Waals surface area (Å²) in [5, 5.41) is 0. The number of methoxy groups -OCH3 is 1. The molecule has 6 heteroatoms. The van der Waals surface area contributed by atoms with Crippen LogP contribution < -0.4 is 5.56 Å². The summed E-state index contributed by atoms with van der Waals surface area (Å²) in [5.74, 6) is 0.693. The largest absolute Gasteiger partial charge is 0.384 e. The molecule has 0 unspecified atom stereocenters. The van der Waals surface area contributed by atoms with Gasteiger partial charge < -0.3 is 14.6 Å². The van der Waals surface area contributed by atoms with Crippen LogP contribution in [-0.4, -0.2) is 41.0 Å². The minimum Gasteiger partial charge on any atom is -0.384 e. The molecule has 6 nitrogen and oxygen atoms in total. The molecule has 1 fully saturated rings. The fourth-order valence-corrected chi connectivity index (χ4v) is 3.98. The predicted octanol–water partition coefficient (Wildman–Crippen LogP) is 2.14. The monoisotopic (exact) mass is 353 g/mol. The number of aromatic amines is 1. The van der Waals surface area contributed by atoms with Gasteiger partial charge in [0.25, 0.3) is 5.56 Å². The fraction of sp³-hybridized carbons (Fsp3) is 0.450. The van der Waals surface area contributed by atoms with Crippen LogP contribution in [-0.2, 0) is 22.5 Å². The molecule has 0 bridgehead atoms. The first kappa shape index (κ1) is 17.0. The Balaban J connectivity index is 1.63. The number of ether oxygens (including phenoxy) is 1. The highest BCUT2D eigenvalue weighted by atomic mass is 16.5. The highest BCUT2D eigenvalue weighted by Gasteiger charge is 2.47. The van der Waals surface area contributed by atoms with Gasteiger partial charge in [0.05, 0.1) is 24.3 Å². The van der Waals surface area contributed by atoms with E-state index in [0.29, 0.717) is 43.2 Å². The number of amides is 1. The summed E-state index contributed by atoms with van der Waals surface area (Å²) < 4.78 is 5.31. The highest BCUT2D eigenvalue weighted by molar-refractivity contribution is 5.84.